The van der Waals surface area contributed by atoms with Crippen LogP contribution < -0.4 is 10.2 Å². The first-order valence-corrected chi connectivity index (χ1v) is 8.43. The van der Waals surface area contributed by atoms with Crippen LogP contribution in [0.3, 0.4) is 0 Å². The molecule has 1 saturated carbocycles. The van der Waals surface area contributed by atoms with Crippen molar-refractivity contribution < 1.29 is 0 Å². The lowest BCUT2D eigenvalue weighted by molar-refractivity contribution is 0.233. The first kappa shape index (κ1) is 14.8. The van der Waals surface area contributed by atoms with Crippen molar-refractivity contribution >= 4 is 23.5 Å². The Morgan fingerprint density at radius 3 is 2.48 bits per heavy atom. The molecule has 116 valence electrons. The van der Waals surface area contributed by atoms with Gasteiger partial charge < -0.3 is 10.2 Å². The van der Waals surface area contributed by atoms with E-state index in [9.17, 15) is 0 Å². The fourth-order valence-electron chi connectivity index (χ4n) is 3.35. The van der Waals surface area contributed by atoms with Gasteiger partial charge in [-0.25, -0.2) is 0 Å². The number of hydrogen-bond acceptors (Lipinski definition) is 5. The van der Waals surface area contributed by atoms with Gasteiger partial charge in [-0.3, -0.25) is 0 Å². The summed E-state index contributed by atoms with van der Waals surface area (Å²) in [6.45, 7) is 5.28. The lowest BCUT2D eigenvalue weighted by atomic mass is 9.76. The van der Waals surface area contributed by atoms with Crippen LogP contribution in [0.25, 0.3) is 0 Å². The Morgan fingerprint density at radius 2 is 1.76 bits per heavy atom. The molecule has 2 fully saturated rings. The maximum atomic E-state index is 6.06. The summed E-state index contributed by atoms with van der Waals surface area (Å²) in [5.74, 6) is 1.33. The van der Waals surface area contributed by atoms with Crippen molar-refractivity contribution in [3.8, 4) is 0 Å². The fourth-order valence-corrected chi connectivity index (χ4v) is 3.51. The van der Waals surface area contributed by atoms with Gasteiger partial charge in [0.15, 0.2) is 0 Å². The molecule has 2 heterocycles. The Bertz CT molecular complexity index is 481. The molecule has 0 spiro atoms. The van der Waals surface area contributed by atoms with E-state index >= 15 is 0 Å². The summed E-state index contributed by atoms with van der Waals surface area (Å²) in [6.07, 6.45) is 8.97. The Kier molecular flexibility index (Phi) is 4.48. The van der Waals surface area contributed by atoms with Gasteiger partial charge >= 0.3 is 0 Å². The molecule has 1 N–H and O–H groups in total. The van der Waals surface area contributed by atoms with Gasteiger partial charge in [0.25, 0.3) is 0 Å². The van der Waals surface area contributed by atoms with E-state index in [1.54, 1.807) is 0 Å². The molecule has 0 atom stereocenters. The molecular weight excluding hydrogens is 286 g/mol. The summed E-state index contributed by atoms with van der Waals surface area (Å²) >= 11 is 6.06. The number of nitrogens with one attached hydrogen (secondary N) is 1. The van der Waals surface area contributed by atoms with Crippen LogP contribution in [0.4, 0.5) is 11.9 Å². The first-order valence-electron chi connectivity index (χ1n) is 8.05. The number of halogens is 1. The van der Waals surface area contributed by atoms with E-state index in [-0.39, 0.29) is 5.28 Å². The van der Waals surface area contributed by atoms with Gasteiger partial charge in [-0.2, -0.15) is 15.0 Å². The molecule has 6 heteroatoms. The summed E-state index contributed by atoms with van der Waals surface area (Å²) < 4.78 is 0. The second kappa shape index (κ2) is 6.34. The van der Waals surface area contributed by atoms with Crippen LogP contribution in [0.1, 0.15) is 51.9 Å². The molecule has 0 unspecified atom stereocenters. The van der Waals surface area contributed by atoms with E-state index in [2.05, 4.69) is 32.1 Å². The minimum Gasteiger partial charge on any atom is -0.353 e. The van der Waals surface area contributed by atoms with Crippen molar-refractivity contribution in [2.24, 2.45) is 5.41 Å². The van der Waals surface area contributed by atoms with Gasteiger partial charge in [-0.05, 0) is 42.7 Å². The van der Waals surface area contributed by atoms with Crippen LogP contribution in [-0.2, 0) is 0 Å². The summed E-state index contributed by atoms with van der Waals surface area (Å²) in [7, 11) is 0. The lowest BCUT2D eigenvalue weighted by Crippen LogP contribution is -2.30. The SMILES string of the molecule is CC1(CNc2nc(Cl)nc(N3CCCC3)n2)CCCCC1. The van der Waals surface area contributed by atoms with Crippen molar-refractivity contribution in [3.05, 3.63) is 5.28 Å². The van der Waals surface area contributed by atoms with Crippen LogP contribution in [-0.4, -0.2) is 34.6 Å². The zero-order valence-electron chi connectivity index (χ0n) is 12.7. The second-order valence-electron chi connectivity index (χ2n) is 6.65. The summed E-state index contributed by atoms with van der Waals surface area (Å²) in [6, 6.07) is 0. The molecule has 0 amide bonds. The highest BCUT2D eigenvalue weighted by molar-refractivity contribution is 6.28. The quantitative estimate of drug-likeness (QED) is 0.922. The van der Waals surface area contributed by atoms with Gasteiger partial charge in [-0.15, -0.1) is 0 Å². The Morgan fingerprint density at radius 1 is 1.05 bits per heavy atom. The van der Waals surface area contributed by atoms with E-state index in [1.165, 1.54) is 44.9 Å². The molecule has 1 aromatic rings. The zero-order valence-corrected chi connectivity index (χ0v) is 13.5. The zero-order chi connectivity index (χ0) is 14.7. The molecule has 0 radical (unpaired) electrons. The molecule has 2 aliphatic rings. The maximum Gasteiger partial charge on any atom is 0.231 e. The van der Waals surface area contributed by atoms with Crippen molar-refractivity contribution in [3.63, 3.8) is 0 Å². The van der Waals surface area contributed by atoms with E-state index < -0.39 is 0 Å². The third-order valence-corrected chi connectivity index (χ3v) is 4.89. The smallest absolute Gasteiger partial charge is 0.231 e. The average molecular weight is 310 g/mol. The van der Waals surface area contributed by atoms with E-state index in [4.69, 9.17) is 11.6 Å². The van der Waals surface area contributed by atoms with Crippen molar-refractivity contribution in [2.75, 3.05) is 29.9 Å². The van der Waals surface area contributed by atoms with Crippen LogP contribution in [0.5, 0.6) is 0 Å². The number of aromatic nitrogens is 3. The molecular formula is C15H24ClN5. The third-order valence-electron chi connectivity index (χ3n) is 4.72. The average Bonchev–Trinajstić information content (AvgIpc) is 3.00. The van der Waals surface area contributed by atoms with Gasteiger partial charge in [0, 0.05) is 19.6 Å². The molecule has 21 heavy (non-hydrogen) atoms. The Hall–Kier alpha value is -1.10. The number of hydrogen-bond donors (Lipinski definition) is 1. The minimum absolute atomic E-state index is 0.281. The van der Waals surface area contributed by atoms with Crippen molar-refractivity contribution in [2.45, 2.75) is 51.9 Å². The topological polar surface area (TPSA) is 53.9 Å². The summed E-state index contributed by atoms with van der Waals surface area (Å²) in [5, 5.41) is 3.67. The number of rotatable bonds is 4. The molecule has 0 aromatic carbocycles. The number of anilines is 2. The first-order chi connectivity index (χ1) is 10.1. The maximum absolute atomic E-state index is 6.06. The standard InChI is InChI=1S/C15H24ClN5/c1-15(7-3-2-4-8-15)11-17-13-18-12(16)19-14(20-13)21-9-5-6-10-21/h2-11H2,1H3,(H,17,18,19,20). The highest BCUT2D eigenvalue weighted by atomic mass is 35.5. The highest BCUT2D eigenvalue weighted by Gasteiger charge is 2.27. The largest absolute Gasteiger partial charge is 0.353 e. The molecule has 1 aromatic heterocycles. The predicted molar refractivity (Wildman–Crippen MR) is 86.0 cm³/mol. The van der Waals surface area contributed by atoms with E-state index in [0.29, 0.717) is 17.3 Å². The van der Waals surface area contributed by atoms with Gasteiger partial charge in [-0.1, -0.05) is 26.2 Å². The Balaban J connectivity index is 1.67. The molecule has 1 aliphatic carbocycles. The molecule has 1 saturated heterocycles. The van der Waals surface area contributed by atoms with Crippen LogP contribution in [0.15, 0.2) is 0 Å². The number of nitrogens with zero attached hydrogens (tertiary/aromatic N) is 4. The molecule has 5 nitrogen and oxygen atoms in total. The molecule has 1 aliphatic heterocycles. The van der Waals surface area contributed by atoms with Gasteiger partial charge in [0.05, 0.1) is 0 Å². The fraction of sp³-hybridized carbons (Fsp3) is 0.800. The van der Waals surface area contributed by atoms with Crippen LogP contribution in [0.2, 0.25) is 5.28 Å². The molecule has 3 rings (SSSR count). The highest BCUT2D eigenvalue weighted by Crippen LogP contribution is 2.35. The molecule has 0 bridgehead atoms. The third kappa shape index (κ3) is 3.76. The van der Waals surface area contributed by atoms with Crippen LogP contribution >= 0.6 is 11.6 Å². The minimum atomic E-state index is 0.281. The van der Waals surface area contributed by atoms with E-state index in [1.807, 2.05) is 0 Å². The second-order valence-corrected chi connectivity index (χ2v) is 6.99. The van der Waals surface area contributed by atoms with Crippen molar-refractivity contribution in [1.82, 2.24) is 15.0 Å². The van der Waals surface area contributed by atoms with E-state index in [0.717, 1.165) is 19.6 Å². The van der Waals surface area contributed by atoms with Gasteiger partial charge in [0.2, 0.25) is 17.2 Å². The van der Waals surface area contributed by atoms with Gasteiger partial charge in [0.1, 0.15) is 0 Å². The summed E-state index contributed by atoms with van der Waals surface area (Å²) in [5.41, 5.74) is 0.352. The normalized spacial score (nSPS) is 21.5. The van der Waals surface area contributed by atoms with Crippen molar-refractivity contribution in [1.29, 1.82) is 0 Å². The Labute approximate surface area is 131 Å². The van der Waals surface area contributed by atoms with Crippen LogP contribution in [0, 0.1) is 5.41 Å². The predicted octanol–water partition coefficient (Wildman–Crippen LogP) is 3.51. The lowest BCUT2D eigenvalue weighted by Gasteiger charge is -2.33. The monoisotopic (exact) mass is 309 g/mol. The summed E-state index contributed by atoms with van der Waals surface area (Å²) in [4.78, 5) is 15.2.